The lowest BCUT2D eigenvalue weighted by molar-refractivity contribution is 0.0141. The molecule has 1 rings (SSSR count). The maximum atomic E-state index is 6.13. The second-order valence-corrected chi connectivity index (χ2v) is 5.11. The average Bonchev–Trinajstić information content (AvgIpc) is 2.19. The number of ether oxygens (including phenoxy) is 1. The van der Waals surface area contributed by atoms with E-state index in [4.69, 9.17) is 16.3 Å². The van der Waals surface area contributed by atoms with Gasteiger partial charge in [-0.15, -0.1) is 11.6 Å². The van der Waals surface area contributed by atoms with Crippen LogP contribution < -0.4 is 0 Å². The Morgan fingerprint density at radius 3 is 2.50 bits per heavy atom. The van der Waals surface area contributed by atoms with Gasteiger partial charge in [0.25, 0.3) is 0 Å². The van der Waals surface area contributed by atoms with Crippen LogP contribution in [0.15, 0.2) is 0 Å². The second-order valence-electron chi connectivity index (χ2n) is 4.84. The van der Waals surface area contributed by atoms with Gasteiger partial charge in [0.05, 0.1) is 0 Å². The fourth-order valence-electron chi connectivity index (χ4n) is 2.53. The summed E-state index contributed by atoms with van der Waals surface area (Å²) in [6, 6.07) is 0. The van der Waals surface area contributed by atoms with Crippen LogP contribution in [0, 0.1) is 11.3 Å². The van der Waals surface area contributed by atoms with E-state index in [-0.39, 0.29) is 0 Å². The van der Waals surface area contributed by atoms with Crippen LogP contribution >= 0.6 is 11.6 Å². The highest BCUT2D eigenvalue weighted by Gasteiger charge is 2.32. The quantitative estimate of drug-likeness (QED) is 0.637. The molecule has 0 bridgehead atoms. The van der Waals surface area contributed by atoms with E-state index in [0.29, 0.717) is 5.41 Å². The number of alkyl halides is 1. The minimum atomic E-state index is 0.383. The van der Waals surface area contributed by atoms with Crippen LogP contribution in [0.5, 0.6) is 0 Å². The van der Waals surface area contributed by atoms with Gasteiger partial charge in [0.15, 0.2) is 0 Å². The topological polar surface area (TPSA) is 9.23 Å². The van der Waals surface area contributed by atoms with E-state index >= 15 is 0 Å². The van der Waals surface area contributed by atoms with Crippen molar-refractivity contribution in [2.24, 2.45) is 11.3 Å². The Morgan fingerprint density at radius 2 is 2.00 bits per heavy atom. The van der Waals surface area contributed by atoms with Crippen molar-refractivity contribution >= 4 is 11.6 Å². The van der Waals surface area contributed by atoms with Crippen LogP contribution in [-0.2, 0) is 4.74 Å². The smallest absolute Gasteiger partial charge is 0.0471 e. The van der Waals surface area contributed by atoms with Gasteiger partial charge in [-0.2, -0.15) is 0 Å². The summed E-state index contributed by atoms with van der Waals surface area (Å²) in [5.74, 6) is 1.63. The van der Waals surface area contributed by atoms with Crippen molar-refractivity contribution in [2.75, 3.05) is 19.1 Å². The van der Waals surface area contributed by atoms with Gasteiger partial charge in [0, 0.05) is 19.1 Å². The van der Waals surface area contributed by atoms with Crippen molar-refractivity contribution in [1.29, 1.82) is 0 Å². The van der Waals surface area contributed by atoms with Crippen LogP contribution in [0.3, 0.4) is 0 Å². The van der Waals surface area contributed by atoms with Gasteiger partial charge in [-0.1, -0.05) is 26.7 Å². The van der Waals surface area contributed by atoms with Crippen molar-refractivity contribution < 1.29 is 4.74 Å². The third-order valence-electron chi connectivity index (χ3n) is 3.40. The van der Waals surface area contributed by atoms with Gasteiger partial charge in [-0.3, -0.25) is 0 Å². The molecule has 1 nitrogen and oxygen atoms in total. The monoisotopic (exact) mass is 218 g/mol. The lowest BCUT2D eigenvalue weighted by Gasteiger charge is -2.37. The summed E-state index contributed by atoms with van der Waals surface area (Å²) >= 11 is 6.13. The number of halogens is 1. The first-order chi connectivity index (χ1) is 6.72. The molecule has 0 aromatic carbocycles. The lowest BCUT2D eigenvalue weighted by Crippen LogP contribution is -2.33. The van der Waals surface area contributed by atoms with E-state index in [1.807, 2.05) is 0 Å². The van der Waals surface area contributed by atoms with Crippen molar-refractivity contribution in [3.8, 4) is 0 Å². The molecule has 0 aromatic heterocycles. The molecule has 84 valence electrons. The van der Waals surface area contributed by atoms with Gasteiger partial charge in [0.2, 0.25) is 0 Å². The molecule has 14 heavy (non-hydrogen) atoms. The fraction of sp³-hybridized carbons (Fsp3) is 1.00. The Bertz CT molecular complexity index is 152. The fourth-order valence-corrected chi connectivity index (χ4v) is 2.91. The molecule has 1 aliphatic heterocycles. The molecule has 0 aromatic rings. The van der Waals surface area contributed by atoms with Gasteiger partial charge in [-0.25, -0.2) is 0 Å². The molecule has 1 atom stereocenters. The first-order valence-electron chi connectivity index (χ1n) is 5.86. The van der Waals surface area contributed by atoms with Gasteiger partial charge in [-0.05, 0) is 30.6 Å². The molecule has 2 heteroatoms. The minimum absolute atomic E-state index is 0.383. The van der Waals surface area contributed by atoms with Crippen LogP contribution in [0.2, 0.25) is 0 Å². The summed E-state index contributed by atoms with van der Waals surface area (Å²) in [5, 5.41) is 0. The molecule has 1 unspecified atom stereocenters. The normalized spacial score (nSPS) is 23.4. The van der Waals surface area contributed by atoms with E-state index < -0.39 is 0 Å². The second kappa shape index (κ2) is 5.97. The van der Waals surface area contributed by atoms with Gasteiger partial charge in [0.1, 0.15) is 0 Å². The zero-order chi connectivity index (χ0) is 10.4. The van der Waals surface area contributed by atoms with Crippen LogP contribution in [0.25, 0.3) is 0 Å². The van der Waals surface area contributed by atoms with E-state index in [2.05, 4.69) is 13.8 Å². The molecule has 0 aliphatic carbocycles. The van der Waals surface area contributed by atoms with E-state index in [0.717, 1.165) is 37.9 Å². The highest BCUT2D eigenvalue weighted by Crippen LogP contribution is 2.38. The first-order valence-corrected chi connectivity index (χ1v) is 6.39. The van der Waals surface area contributed by atoms with Crippen molar-refractivity contribution in [3.63, 3.8) is 0 Å². The van der Waals surface area contributed by atoms with E-state index in [1.165, 1.54) is 19.3 Å². The number of hydrogen-bond acceptors (Lipinski definition) is 1. The summed E-state index contributed by atoms with van der Waals surface area (Å²) in [6.45, 7) is 6.43. The Hall–Kier alpha value is 0.250. The van der Waals surface area contributed by atoms with Crippen molar-refractivity contribution in [2.45, 2.75) is 46.0 Å². The van der Waals surface area contributed by atoms with Crippen LogP contribution in [0.1, 0.15) is 46.0 Å². The summed E-state index contributed by atoms with van der Waals surface area (Å²) in [6.07, 6.45) is 6.22. The van der Waals surface area contributed by atoms with E-state index in [9.17, 15) is 0 Å². The zero-order valence-corrected chi connectivity index (χ0v) is 10.3. The maximum absolute atomic E-state index is 6.13. The van der Waals surface area contributed by atoms with Crippen LogP contribution in [0.4, 0.5) is 0 Å². The predicted molar refractivity (Wildman–Crippen MR) is 61.9 cm³/mol. The molecule has 1 aliphatic rings. The standard InChI is InChI=1S/C12H23ClO/c1-3-4-11(2)9-12(10-13)5-7-14-8-6-12/h11H,3-10H2,1-2H3. The first kappa shape index (κ1) is 12.3. The van der Waals surface area contributed by atoms with Gasteiger partial charge < -0.3 is 4.74 Å². The molecule has 0 amide bonds. The minimum Gasteiger partial charge on any atom is -0.381 e. The Balaban J connectivity index is 2.42. The Morgan fingerprint density at radius 1 is 1.36 bits per heavy atom. The Kier molecular flexibility index (Phi) is 5.25. The SMILES string of the molecule is CCCC(C)CC1(CCl)CCOCC1. The van der Waals surface area contributed by atoms with E-state index in [1.54, 1.807) is 0 Å². The third-order valence-corrected chi connectivity index (χ3v) is 3.97. The number of hydrogen-bond donors (Lipinski definition) is 0. The largest absolute Gasteiger partial charge is 0.381 e. The third kappa shape index (κ3) is 3.43. The molecule has 0 radical (unpaired) electrons. The summed E-state index contributed by atoms with van der Waals surface area (Å²) in [4.78, 5) is 0. The average molecular weight is 219 g/mol. The summed E-state index contributed by atoms with van der Waals surface area (Å²) < 4.78 is 5.41. The lowest BCUT2D eigenvalue weighted by atomic mass is 9.74. The van der Waals surface area contributed by atoms with Crippen molar-refractivity contribution in [1.82, 2.24) is 0 Å². The maximum Gasteiger partial charge on any atom is 0.0471 e. The molecule has 0 saturated carbocycles. The molecule has 1 saturated heterocycles. The molecular weight excluding hydrogens is 196 g/mol. The summed E-state index contributed by atoms with van der Waals surface area (Å²) in [7, 11) is 0. The van der Waals surface area contributed by atoms with Crippen LogP contribution in [-0.4, -0.2) is 19.1 Å². The van der Waals surface area contributed by atoms with Crippen molar-refractivity contribution in [3.05, 3.63) is 0 Å². The molecule has 1 heterocycles. The van der Waals surface area contributed by atoms with Gasteiger partial charge >= 0.3 is 0 Å². The molecule has 0 spiro atoms. The Labute approximate surface area is 93.2 Å². The highest BCUT2D eigenvalue weighted by molar-refractivity contribution is 6.18. The molecular formula is C12H23ClO. The summed E-state index contributed by atoms with van der Waals surface area (Å²) in [5.41, 5.74) is 0.383. The highest BCUT2D eigenvalue weighted by atomic mass is 35.5. The molecule has 0 N–H and O–H groups in total. The number of rotatable bonds is 5. The predicted octanol–water partition coefficient (Wildman–Crippen LogP) is 3.85. The molecule has 1 fully saturated rings. The zero-order valence-electron chi connectivity index (χ0n) is 9.52.